The fourth-order valence-corrected chi connectivity index (χ4v) is 11.6. The summed E-state index contributed by atoms with van der Waals surface area (Å²) in [5.41, 5.74) is 12.9. The number of thiophene rings is 1. The molecule has 0 N–H and O–H groups in total. The molecule has 9 aromatic carbocycles. The van der Waals surface area contributed by atoms with E-state index in [1.165, 1.54) is 59.3 Å². The van der Waals surface area contributed by atoms with Crippen LogP contribution in [0.3, 0.4) is 0 Å². The van der Waals surface area contributed by atoms with Crippen molar-refractivity contribution in [2.45, 2.75) is 12.8 Å². The molecule has 0 fully saturated rings. The molecule has 294 valence electrons. The molecule has 0 radical (unpaired) electrons. The maximum Gasteiger partial charge on any atom is 0.167 e. The normalized spacial score (nSPS) is 12.6. The number of aromatic nitrogens is 4. The highest BCUT2D eigenvalue weighted by Gasteiger charge is 2.27. The Balaban J connectivity index is 1.12. The van der Waals surface area contributed by atoms with Crippen molar-refractivity contribution in [2.24, 2.45) is 0 Å². The smallest absolute Gasteiger partial charge is 0.167 e. The number of hydrogen-bond acceptors (Lipinski definition) is 5. The third-order valence-electron chi connectivity index (χ3n) is 13.2. The number of nitrogens with zero attached hydrogens (tertiary/aromatic N) is 4. The molecule has 1 aliphatic carbocycles. The molecule has 0 amide bonds. The molecule has 6 heteroatoms. The summed E-state index contributed by atoms with van der Waals surface area (Å²) in [4.78, 5) is 16.7. The predicted molar refractivity (Wildman–Crippen MR) is 261 cm³/mol. The van der Waals surface area contributed by atoms with Crippen molar-refractivity contribution in [3.8, 4) is 51.0 Å². The number of hydrogen-bond donors (Lipinski definition) is 0. The lowest BCUT2D eigenvalue weighted by atomic mass is 9.83. The van der Waals surface area contributed by atoms with E-state index in [-0.39, 0.29) is 0 Å². The van der Waals surface area contributed by atoms with E-state index in [1.807, 2.05) is 12.1 Å². The molecule has 0 bridgehead atoms. The van der Waals surface area contributed by atoms with Crippen LogP contribution < -0.4 is 0 Å². The zero-order valence-electron chi connectivity index (χ0n) is 33.8. The van der Waals surface area contributed by atoms with Crippen LogP contribution in [-0.4, -0.2) is 19.5 Å². The molecule has 0 atom stereocenters. The minimum absolute atomic E-state index is 0.575. The average molecular weight is 823 g/mol. The quantitative estimate of drug-likeness (QED) is 0.177. The summed E-state index contributed by atoms with van der Waals surface area (Å²) in [6, 6.07) is 65.2. The van der Waals surface area contributed by atoms with Gasteiger partial charge in [-0.25, -0.2) is 15.0 Å². The number of rotatable bonds is 4. The maximum absolute atomic E-state index is 6.68. The summed E-state index contributed by atoms with van der Waals surface area (Å²) in [7, 11) is 0. The second kappa shape index (κ2) is 13.3. The highest BCUT2D eigenvalue weighted by molar-refractivity contribution is 7.26. The zero-order chi connectivity index (χ0) is 41.2. The van der Waals surface area contributed by atoms with E-state index in [2.05, 4.69) is 174 Å². The minimum atomic E-state index is 0.575. The Hall–Kier alpha value is -7.93. The second-order valence-corrected chi connectivity index (χ2v) is 17.6. The van der Waals surface area contributed by atoms with Crippen molar-refractivity contribution >= 4 is 86.0 Å². The Morgan fingerprint density at radius 1 is 0.444 bits per heavy atom. The van der Waals surface area contributed by atoms with Crippen molar-refractivity contribution in [3.63, 3.8) is 0 Å². The lowest BCUT2D eigenvalue weighted by Crippen LogP contribution is -2.08. The topological polar surface area (TPSA) is 56.7 Å². The fourth-order valence-electron chi connectivity index (χ4n) is 10.3. The van der Waals surface area contributed by atoms with Crippen molar-refractivity contribution in [1.82, 2.24) is 19.5 Å². The Morgan fingerprint density at radius 2 is 1.11 bits per heavy atom. The monoisotopic (exact) mass is 822 g/mol. The molecule has 4 aromatic heterocycles. The molecule has 1 aliphatic rings. The first-order chi connectivity index (χ1) is 31.2. The number of benzene rings is 9. The number of para-hydroxylation sites is 3. The average Bonchev–Trinajstić information content (AvgIpc) is 4.02. The molecular weight excluding hydrogens is 789 g/mol. The molecular formula is C57H34N4OS. The van der Waals surface area contributed by atoms with Crippen LogP contribution >= 0.6 is 11.3 Å². The van der Waals surface area contributed by atoms with Gasteiger partial charge in [-0.2, -0.15) is 0 Å². The minimum Gasteiger partial charge on any atom is -0.455 e. The Bertz CT molecular complexity index is 4060. The zero-order valence-corrected chi connectivity index (χ0v) is 34.7. The fraction of sp³-hybridized carbons (Fsp3) is 0.0351. The molecule has 0 saturated heterocycles. The summed E-state index contributed by atoms with van der Waals surface area (Å²) in [6.45, 7) is 0. The van der Waals surface area contributed by atoms with Crippen LogP contribution in [0.4, 0.5) is 0 Å². The van der Waals surface area contributed by atoms with Crippen molar-refractivity contribution in [2.75, 3.05) is 0 Å². The summed E-state index contributed by atoms with van der Waals surface area (Å²) < 4.78 is 11.5. The molecule has 0 spiro atoms. The third-order valence-corrected chi connectivity index (χ3v) is 14.4. The van der Waals surface area contributed by atoms with Crippen LogP contribution in [0.5, 0.6) is 0 Å². The molecule has 0 saturated carbocycles. The molecule has 14 rings (SSSR count). The first-order valence-electron chi connectivity index (χ1n) is 21.5. The molecule has 5 nitrogen and oxygen atoms in total. The van der Waals surface area contributed by atoms with E-state index < -0.39 is 0 Å². The second-order valence-electron chi connectivity index (χ2n) is 16.6. The Kier molecular flexibility index (Phi) is 7.33. The number of aryl methyl sites for hydroxylation is 1. The highest BCUT2D eigenvalue weighted by Crippen LogP contribution is 2.46. The van der Waals surface area contributed by atoms with Crippen molar-refractivity contribution < 1.29 is 4.42 Å². The summed E-state index contributed by atoms with van der Waals surface area (Å²) >= 11 is 1.80. The van der Waals surface area contributed by atoms with Gasteiger partial charge in [-0.05, 0) is 88.3 Å². The SMILES string of the molecule is c1ccc2c(c1)CCc1c(-c3nc(-c4cccc5c4oc4ccccc45)nc(-c4c(-n5c6ccccc6c6cc7ccccc7cc65)ccc5c4sc4ccccc45)n3)cccc1-2. The van der Waals surface area contributed by atoms with Crippen molar-refractivity contribution in [1.29, 1.82) is 0 Å². The van der Waals surface area contributed by atoms with E-state index in [0.717, 1.165) is 72.9 Å². The summed E-state index contributed by atoms with van der Waals surface area (Å²) in [5.74, 6) is 1.85. The van der Waals surface area contributed by atoms with Crippen LogP contribution in [0, 0.1) is 0 Å². The van der Waals surface area contributed by atoms with Gasteiger partial charge in [-0.15, -0.1) is 11.3 Å². The number of furan rings is 1. The predicted octanol–water partition coefficient (Wildman–Crippen LogP) is 15.2. The van der Waals surface area contributed by atoms with Gasteiger partial charge in [-0.1, -0.05) is 140 Å². The molecule has 4 heterocycles. The van der Waals surface area contributed by atoms with Gasteiger partial charge in [0.15, 0.2) is 17.5 Å². The highest BCUT2D eigenvalue weighted by atomic mass is 32.1. The van der Waals surface area contributed by atoms with Crippen LogP contribution in [0.2, 0.25) is 0 Å². The third kappa shape index (κ3) is 5.13. The van der Waals surface area contributed by atoms with Gasteiger partial charge in [-0.3, -0.25) is 0 Å². The number of fused-ring (bicyclic) bond motifs is 13. The van der Waals surface area contributed by atoms with Gasteiger partial charge >= 0.3 is 0 Å². The first kappa shape index (κ1) is 34.7. The standard InChI is InChI=1S/C57H34N4OS/c1-2-15-35-32-49-46(31-34(35)14-1)39-17-5-8-24-47(39)61(49)48-30-29-43-41-19-7-10-26-51(41)63-54(43)52(48)57-59-55(44-22-11-20-37-36-16-4-3-13-33(36)27-28-38(37)44)58-56(60-57)45-23-12-21-42-40-18-6-9-25-50(40)62-53(42)45/h1-26,29-32H,27-28H2. The van der Waals surface area contributed by atoms with Crippen LogP contribution in [0.15, 0.2) is 186 Å². The van der Waals surface area contributed by atoms with E-state index in [0.29, 0.717) is 17.5 Å². The van der Waals surface area contributed by atoms with Crippen LogP contribution in [-0.2, 0) is 12.8 Å². The van der Waals surface area contributed by atoms with Gasteiger partial charge in [0.1, 0.15) is 11.2 Å². The van der Waals surface area contributed by atoms with Gasteiger partial charge in [0.25, 0.3) is 0 Å². The van der Waals surface area contributed by atoms with E-state index in [4.69, 9.17) is 19.4 Å². The van der Waals surface area contributed by atoms with Crippen molar-refractivity contribution in [3.05, 3.63) is 193 Å². The Labute approximate surface area is 365 Å². The largest absolute Gasteiger partial charge is 0.455 e. The van der Waals surface area contributed by atoms with Crippen LogP contribution in [0.1, 0.15) is 11.1 Å². The maximum atomic E-state index is 6.68. The first-order valence-corrected chi connectivity index (χ1v) is 22.3. The van der Waals surface area contributed by atoms with Crippen LogP contribution in [0.25, 0.3) is 126 Å². The molecule has 0 unspecified atom stereocenters. The molecule has 0 aliphatic heterocycles. The lowest BCUT2D eigenvalue weighted by molar-refractivity contribution is 0.669. The Morgan fingerprint density at radius 3 is 2.03 bits per heavy atom. The van der Waals surface area contributed by atoms with Gasteiger partial charge in [0, 0.05) is 47.3 Å². The summed E-state index contributed by atoms with van der Waals surface area (Å²) in [5, 5.41) is 9.31. The summed E-state index contributed by atoms with van der Waals surface area (Å²) in [6.07, 6.45) is 1.85. The lowest BCUT2D eigenvalue weighted by Gasteiger charge is -2.22. The van der Waals surface area contributed by atoms with Gasteiger partial charge in [0.05, 0.1) is 27.8 Å². The van der Waals surface area contributed by atoms with E-state index in [1.54, 1.807) is 11.3 Å². The van der Waals surface area contributed by atoms with Gasteiger partial charge in [0.2, 0.25) is 0 Å². The van der Waals surface area contributed by atoms with E-state index >= 15 is 0 Å². The van der Waals surface area contributed by atoms with Gasteiger partial charge < -0.3 is 8.98 Å². The molecule has 13 aromatic rings. The molecule has 63 heavy (non-hydrogen) atoms. The van der Waals surface area contributed by atoms with E-state index in [9.17, 15) is 0 Å².